The molecule has 0 unspecified atom stereocenters. The molecule has 0 aliphatic rings. The summed E-state index contributed by atoms with van der Waals surface area (Å²) >= 11 is 11.3. The molecule has 0 fully saturated rings. The Morgan fingerprint density at radius 3 is 1.91 bits per heavy atom. The molecule has 0 heterocycles. The molecular formula is C8H9Cl2N. The second-order valence-corrected chi connectivity index (χ2v) is 2.79. The van der Waals surface area contributed by atoms with Crippen LogP contribution in [-0.2, 0) is 11.8 Å². The van der Waals surface area contributed by atoms with Crippen molar-refractivity contribution in [1.82, 2.24) is 0 Å². The first-order chi connectivity index (χ1) is 5.29. The van der Waals surface area contributed by atoms with Crippen LogP contribution in [0.1, 0.15) is 11.1 Å². The van der Waals surface area contributed by atoms with E-state index in [0.717, 1.165) is 16.8 Å². The molecule has 1 rings (SSSR count). The molecule has 0 saturated heterocycles. The second kappa shape index (κ2) is 3.84. The van der Waals surface area contributed by atoms with E-state index in [-0.39, 0.29) is 0 Å². The number of para-hydroxylation sites is 1. The monoisotopic (exact) mass is 189 g/mol. The Morgan fingerprint density at radius 2 is 1.55 bits per heavy atom. The van der Waals surface area contributed by atoms with E-state index in [1.165, 1.54) is 0 Å². The van der Waals surface area contributed by atoms with Gasteiger partial charge in [0.1, 0.15) is 0 Å². The third-order valence-electron chi connectivity index (χ3n) is 1.57. The molecule has 0 spiro atoms. The lowest BCUT2D eigenvalue weighted by atomic mass is 10.1. The van der Waals surface area contributed by atoms with Crippen molar-refractivity contribution in [2.24, 2.45) is 0 Å². The van der Waals surface area contributed by atoms with Gasteiger partial charge in [0, 0.05) is 17.4 Å². The average Bonchev–Trinajstić information content (AvgIpc) is 2.05. The van der Waals surface area contributed by atoms with E-state index in [4.69, 9.17) is 28.9 Å². The maximum atomic E-state index is 5.74. The molecule has 0 amide bonds. The summed E-state index contributed by atoms with van der Waals surface area (Å²) in [6, 6.07) is 5.71. The smallest absolute Gasteiger partial charge is 0.0494 e. The first-order valence-corrected chi connectivity index (χ1v) is 4.34. The molecule has 0 bridgehead atoms. The van der Waals surface area contributed by atoms with Gasteiger partial charge in [0.05, 0.1) is 0 Å². The summed E-state index contributed by atoms with van der Waals surface area (Å²) in [5.74, 6) is 0.882. The van der Waals surface area contributed by atoms with Gasteiger partial charge < -0.3 is 5.73 Å². The molecule has 1 aromatic carbocycles. The minimum absolute atomic E-state index is 0.441. The molecule has 1 aromatic rings. The summed E-state index contributed by atoms with van der Waals surface area (Å²) < 4.78 is 0. The van der Waals surface area contributed by atoms with Crippen LogP contribution < -0.4 is 5.73 Å². The molecule has 3 heteroatoms. The third-order valence-corrected chi connectivity index (χ3v) is 2.15. The summed E-state index contributed by atoms with van der Waals surface area (Å²) in [6.07, 6.45) is 0. The van der Waals surface area contributed by atoms with Gasteiger partial charge in [-0.25, -0.2) is 0 Å². The normalized spacial score (nSPS) is 10.0. The van der Waals surface area contributed by atoms with Crippen LogP contribution in [0.3, 0.4) is 0 Å². The highest BCUT2D eigenvalue weighted by Crippen LogP contribution is 2.20. The number of nitrogens with two attached hydrogens (primary N) is 1. The fourth-order valence-electron chi connectivity index (χ4n) is 0.899. The van der Waals surface area contributed by atoms with Crippen molar-refractivity contribution in [2.75, 3.05) is 5.73 Å². The first kappa shape index (κ1) is 8.69. The first-order valence-electron chi connectivity index (χ1n) is 3.27. The quantitative estimate of drug-likeness (QED) is 0.563. The number of alkyl halides is 2. The molecule has 0 aromatic heterocycles. The third kappa shape index (κ3) is 1.79. The SMILES string of the molecule is Nc1c(CCl)cccc1CCl. The van der Waals surface area contributed by atoms with E-state index in [9.17, 15) is 0 Å². The Kier molecular flexibility index (Phi) is 3.03. The van der Waals surface area contributed by atoms with Crippen molar-refractivity contribution >= 4 is 28.9 Å². The molecule has 0 aliphatic heterocycles. The number of anilines is 1. The van der Waals surface area contributed by atoms with Gasteiger partial charge in [-0.2, -0.15) is 0 Å². The number of benzene rings is 1. The van der Waals surface area contributed by atoms with Gasteiger partial charge in [0.25, 0.3) is 0 Å². The van der Waals surface area contributed by atoms with Gasteiger partial charge in [-0.3, -0.25) is 0 Å². The van der Waals surface area contributed by atoms with E-state index < -0.39 is 0 Å². The van der Waals surface area contributed by atoms with Gasteiger partial charge in [-0.15, -0.1) is 23.2 Å². The predicted octanol–water partition coefficient (Wildman–Crippen LogP) is 2.75. The molecule has 1 nitrogen and oxygen atoms in total. The standard InChI is InChI=1S/C8H9Cl2N/c9-4-6-2-1-3-7(5-10)8(6)11/h1-3H,4-5,11H2. The lowest BCUT2D eigenvalue weighted by molar-refractivity contribution is 1.32. The lowest BCUT2D eigenvalue weighted by Gasteiger charge is -2.05. The Hall–Kier alpha value is -0.400. The van der Waals surface area contributed by atoms with Crippen molar-refractivity contribution in [3.05, 3.63) is 29.3 Å². The molecule has 0 atom stereocenters. The number of rotatable bonds is 2. The Morgan fingerprint density at radius 1 is 1.09 bits per heavy atom. The van der Waals surface area contributed by atoms with Crippen LogP contribution in [0, 0.1) is 0 Å². The van der Waals surface area contributed by atoms with Crippen LogP contribution in [0.5, 0.6) is 0 Å². The molecular weight excluding hydrogens is 181 g/mol. The Labute approximate surface area is 76.1 Å². The van der Waals surface area contributed by atoms with E-state index in [0.29, 0.717) is 11.8 Å². The van der Waals surface area contributed by atoms with E-state index in [2.05, 4.69) is 0 Å². The van der Waals surface area contributed by atoms with Crippen LogP contribution in [0.2, 0.25) is 0 Å². The molecule has 0 radical (unpaired) electrons. The summed E-state index contributed by atoms with van der Waals surface area (Å²) in [6.45, 7) is 0. The summed E-state index contributed by atoms with van der Waals surface area (Å²) in [4.78, 5) is 0. The van der Waals surface area contributed by atoms with Crippen LogP contribution in [0.25, 0.3) is 0 Å². The Balaban J connectivity index is 3.10. The van der Waals surface area contributed by atoms with Gasteiger partial charge >= 0.3 is 0 Å². The van der Waals surface area contributed by atoms with Crippen molar-refractivity contribution in [2.45, 2.75) is 11.8 Å². The van der Waals surface area contributed by atoms with Gasteiger partial charge in [-0.1, -0.05) is 18.2 Å². The summed E-state index contributed by atoms with van der Waals surface area (Å²) in [7, 11) is 0. The van der Waals surface area contributed by atoms with Gasteiger partial charge in [0.15, 0.2) is 0 Å². The van der Waals surface area contributed by atoms with Gasteiger partial charge in [-0.05, 0) is 11.1 Å². The highest BCUT2D eigenvalue weighted by atomic mass is 35.5. The van der Waals surface area contributed by atoms with Gasteiger partial charge in [0.2, 0.25) is 0 Å². The number of nitrogen functional groups attached to an aromatic ring is 1. The van der Waals surface area contributed by atoms with Crippen molar-refractivity contribution in [1.29, 1.82) is 0 Å². The summed E-state index contributed by atoms with van der Waals surface area (Å²) in [5, 5.41) is 0. The van der Waals surface area contributed by atoms with Crippen LogP contribution in [0.15, 0.2) is 18.2 Å². The van der Waals surface area contributed by atoms with Crippen molar-refractivity contribution < 1.29 is 0 Å². The molecule has 0 aliphatic carbocycles. The molecule has 2 N–H and O–H groups in total. The molecule has 60 valence electrons. The fourth-order valence-corrected chi connectivity index (χ4v) is 1.37. The zero-order chi connectivity index (χ0) is 8.27. The lowest BCUT2D eigenvalue weighted by Crippen LogP contribution is -1.96. The zero-order valence-corrected chi connectivity index (χ0v) is 7.49. The summed E-state index contributed by atoms with van der Waals surface area (Å²) in [5.41, 5.74) is 8.35. The minimum Gasteiger partial charge on any atom is -0.398 e. The highest BCUT2D eigenvalue weighted by Gasteiger charge is 2.01. The van der Waals surface area contributed by atoms with Crippen LogP contribution in [0.4, 0.5) is 5.69 Å². The minimum atomic E-state index is 0.441. The zero-order valence-electron chi connectivity index (χ0n) is 5.98. The van der Waals surface area contributed by atoms with Crippen LogP contribution in [-0.4, -0.2) is 0 Å². The molecule has 0 saturated carbocycles. The number of hydrogen-bond donors (Lipinski definition) is 1. The van der Waals surface area contributed by atoms with E-state index >= 15 is 0 Å². The predicted molar refractivity (Wildman–Crippen MR) is 50.0 cm³/mol. The highest BCUT2D eigenvalue weighted by molar-refractivity contribution is 6.18. The number of halogens is 2. The fraction of sp³-hybridized carbons (Fsp3) is 0.250. The maximum absolute atomic E-state index is 5.74. The van der Waals surface area contributed by atoms with E-state index in [1.54, 1.807) is 0 Å². The van der Waals surface area contributed by atoms with Crippen LogP contribution >= 0.6 is 23.2 Å². The molecule has 11 heavy (non-hydrogen) atoms. The average molecular weight is 190 g/mol. The number of hydrogen-bond acceptors (Lipinski definition) is 1. The second-order valence-electron chi connectivity index (χ2n) is 2.26. The van der Waals surface area contributed by atoms with Crippen molar-refractivity contribution in [3.8, 4) is 0 Å². The van der Waals surface area contributed by atoms with E-state index in [1.807, 2.05) is 18.2 Å². The maximum Gasteiger partial charge on any atom is 0.0494 e. The van der Waals surface area contributed by atoms with Crippen molar-refractivity contribution in [3.63, 3.8) is 0 Å². The largest absolute Gasteiger partial charge is 0.398 e. The Bertz CT molecular complexity index is 226. The topological polar surface area (TPSA) is 26.0 Å².